The topological polar surface area (TPSA) is 137 Å². The normalized spacial score (nSPS) is 11.2. The summed E-state index contributed by atoms with van der Waals surface area (Å²) in [5.74, 6) is 0.158. The number of nitrogens with zero attached hydrogens (tertiary/aromatic N) is 4. The first kappa shape index (κ1) is 14.2. The Hall–Kier alpha value is -3.23. The third kappa shape index (κ3) is 3.41. The summed E-state index contributed by atoms with van der Waals surface area (Å²) >= 11 is 0. The number of hydrogen-bond donors (Lipinski definition) is 2. The van der Waals surface area contributed by atoms with E-state index in [2.05, 4.69) is 15.1 Å². The molecule has 108 valence electrons. The molecule has 2 rings (SSSR count). The summed E-state index contributed by atoms with van der Waals surface area (Å²) in [5.41, 5.74) is 6.18. The molecule has 0 saturated heterocycles. The first-order valence-corrected chi connectivity index (χ1v) is 5.75. The Bertz CT molecular complexity index is 699. The zero-order chi connectivity index (χ0) is 15.4. The number of rotatable bonds is 4. The number of ether oxygens (including phenoxy) is 1. The quantitative estimate of drug-likeness (QED) is 0.286. The van der Waals surface area contributed by atoms with Crippen molar-refractivity contribution in [3.63, 3.8) is 0 Å². The van der Waals surface area contributed by atoms with E-state index in [1.165, 1.54) is 30.3 Å². The summed E-state index contributed by atoms with van der Waals surface area (Å²) in [6.45, 7) is 1.69. The van der Waals surface area contributed by atoms with Gasteiger partial charge in [-0.2, -0.15) is 4.98 Å². The maximum Gasteiger partial charge on any atom is 0.322 e. The van der Waals surface area contributed by atoms with Crippen molar-refractivity contribution in [3.05, 3.63) is 51.8 Å². The number of oxime groups is 1. The van der Waals surface area contributed by atoms with Crippen molar-refractivity contribution >= 4 is 11.5 Å². The Morgan fingerprint density at radius 2 is 2.05 bits per heavy atom. The van der Waals surface area contributed by atoms with Gasteiger partial charge in [0.2, 0.25) is 0 Å². The van der Waals surface area contributed by atoms with E-state index in [1.807, 2.05) is 0 Å². The Kier molecular flexibility index (Phi) is 3.93. The average Bonchev–Trinajstić information content (AvgIpc) is 2.46. The van der Waals surface area contributed by atoms with Gasteiger partial charge in [-0.3, -0.25) is 10.1 Å². The average molecular weight is 289 g/mol. The van der Waals surface area contributed by atoms with Crippen molar-refractivity contribution in [1.29, 1.82) is 0 Å². The van der Waals surface area contributed by atoms with E-state index in [0.717, 1.165) is 0 Å². The second-order valence-corrected chi connectivity index (χ2v) is 4.02. The van der Waals surface area contributed by atoms with Crippen LogP contribution in [0.15, 0.2) is 35.5 Å². The molecule has 0 aliphatic heterocycles. The standard InChI is InChI=1S/C12H11N5O4/c1-7-6-10(11(13)16-18)15-12(14-7)21-9-4-2-8(3-5-9)17(19)20/h2-6,18H,1H3,(H2,13,16). The zero-order valence-electron chi connectivity index (χ0n) is 10.9. The summed E-state index contributed by atoms with van der Waals surface area (Å²) in [5, 5.41) is 22.0. The highest BCUT2D eigenvalue weighted by Gasteiger charge is 2.09. The van der Waals surface area contributed by atoms with Gasteiger partial charge in [0.25, 0.3) is 5.69 Å². The number of hydrogen-bond acceptors (Lipinski definition) is 7. The summed E-state index contributed by atoms with van der Waals surface area (Å²) in [6.07, 6.45) is 0. The Morgan fingerprint density at radius 3 is 2.62 bits per heavy atom. The number of nitro groups is 1. The Labute approximate surface area is 118 Å². The first-order valence-electron chi connectivity index (χ1n) is 5.75. The van der Waals surface area contributed by atoms with Gasteiger partial charge in [-0.15, -0.1) is 0 Å². The second-order valence-electron chi connectivity index (χ2n) is 4.02. The number of aromatic nitrogens is 2. The van der Waals surface area contributed by atoms with Crippen molar-refractivity contribution < 1.29 is 14.9 Å². The van der Waals surface area contributed by atoms with Crippen LogP contribution in [0.5, 0.6) is 11.8 Å². The zero-order valence-corrected chi connectivity index (χ0v) is 10.9. The van der Waals surface area contributed by atoms with Gasteiger partial charge in [-0.25, -0.2) is 4.98 Å². The minimum Gasteiger partial charge on any atom is -0.424 e. The van der Waals surface area contributed by atoms with Crippen LogP contribution in [-0.4, -0.2) is 25.9 Å². The molecule has 0 radical (unpaired) electrons. The van der Waals surface area contributed by atoms with Crippen molar-refractivity contribution in [2.45, 2.75) is 6.92 Å². The molecule has 1 aromatic heterocycles. The molecule has 3 N–H and O–H groups in total. The lowest BCUT2D eigenvalue weighted by Crippen LogP contribution is -2.16. The molecule has 0 aliphatic carbocycles. The van der Waals surface area contributed by atoms with Crippen LogP contribution >= 0.6 is 0 Å². The van der Waals surface area contributed by atoms with Crippen molar-refractivity contribution in [2.24, 2.45) is 10.9 Å². The second kappa shape index (κ2) is 5.82. The van der Waals surface area contributed by atoms with Gasteiger partial charge in [-0.1, -0.05) is 5.16 Å². The van der Waals surface area contributed by atoms with Crippen LogP contribution in [0.1, 0.15) is 11.4 Å². The molecule has 0 fully saturated rings. The van der Waals surface area contributed by atoms with E-state index < -0.39 is 4.92 Å². The van der Waals surface area contributed by atoms with Gasteiger partial charge in [0.05, 0.1) is 4.92 Å². The van der Waals surface area contributed by atoms with Gasteiger partial charge >= 0.3 is 6.01 Å². The van der Waals surface area contributed by atoms with Crippen LogP contribution < -0.4 is 10.5 Å². The molecule has 0 unspecified atom stereocenters. The maximum absolute atomic E-state index is 10.6. The third-order valence-electron chi connectivity index (χ3n) is 2.46. The fourth-order valence-electron chi connectivity index (χ4n) is 1.51. The Balaban J connectivity index is 2.27. The Morgan fingerprint density at radius 1 is 1.38 bits per heavy atom. The van der Waals surface area contributed by atoms with Gasteiger partial charge in [0, 0.05) is 17.8 Å². The fraction of sp³-hybridized carbons (Fsp3) is 0.0833. The van der Waals surface area contributed by atoms with Gasteiger partial charge < -0.3 is 15.7 Å². The molecule has 21 heavy (non-hydrogen) atoms. The van der Waals surface area contributed by atoms with E-state index in [0.29, 0.717) is 11.4 Å². The van der Waals surface area contributed by atoms with Crippen LogP contribution in [0.25, 0.3) is 0 Å². The van der Waals surface area contributed by atoms with E-state index in [4.69, 9.17) is 15.7 Å². The smallest absolute Gasteiger partial charge is 0.322 e. The lowest BCUT2D eigenvalue weighted by atomic mass is 10.3. The highest BCUT2D eigenvalue weighted by Crippen LogP contribution is 2.21. The van der Waals surface area contributed by atoms with Crippen LogP contribution in [0.2, 0.25) is 0 Å². The molecule has 1 heterocycles. The summed E-state index contributed by atoms with van der Waals surface area (Å²) in [4.78, 5) is 18.1. The molecule has 9 nitrogen and oxygen atoms in total. The van der Waals surface area contributed by atoms with Gasteiger partial charge in [0.1, 0.15) is 11.4 Å². The SMILES string of the molecule is Cc1cc(/C(N)=N/O)nc(Oc2ccc([N+](=O)[O-])cc2)n1. The predicted molar refractivity (Wildman–Crippen MR) is 72.5 cm³/mol. The third-order valence-corrected chi connectivity index (χ3v) is 2.46. The lowest BCUT2D eigenvalue weighted by molar-refractivity contribution is -0.384. The highest BCUT2D eigenvalue weighted by molar-refractivity contribution is 5.95. The summed E-state index contributed by atoms with van der Waals surface area (Å²) in [6, 6.07) is 6.97. The summed E-state index contributed by atoms with van der Waals surface area (Å²) in [7, 11) is 0. The molecule has 9 heteroatoms. The predicted octanol–water partition coefficient (Wildman–Crippen LogP) is 1.58. The molecule has 0 spiro atoms. The number of nitro benzene ring substituents is 1. The molecule has 0 atom stereocenters. The van der Waals surface area contributed by atoms with Crippen LogP contribution in [0, 0.1) is 17.0 Å². The minimum absolute atomic E-state index is 0.00884. The van der Waals surface area contributed by atoms with Crippen molar-refractivity contribution in [3.8, 4) is 11.8 Å². The molecular formula is C12H11N5O4. The molecule has 2 aromatic rings. The van der Waals surface area contributed by atoms with Crippen LogP contribution in [0.3, 0.4) is 0 Å². The molecule has 0 bridgehead atoms. The van der Waals surface area contributed by atoms with Gasteiger partial charge in [-0.05, 0) is 25.1 Å². The van der Waals surface area contributed by atoms with Crippen molar-refractivity contribution in [1.82, 2.24) is 9.97 Å². The van der Waals surface area contributed by atoms with E-state index >= 15 is 0 Å². The number of nitrogens with two attached hydrogens (primary N) is 1. The highest BCUT2D eigenvalue weighted by atomic mass is 16.6. The molecule has 1 aromatic carbocycles. The number of benzene rings is 1. The first-order chi connectivity index (χ1) is 9.99. The van der Waals surface area contributed by atoms with Crippen molar-refractivity contribution in [2.75, 3.05) is 0 Å². The molecular weight excluding hydrogens is 278 g/mol. The van der Waals surface area contributed by atoms with Crippen LogP contribution in [-0.2, 0) is 0 Å². The van der Waals surface area contributed by atoms with E-state index in [-0.39, 0.29) is 23.2 Å². The van der Waals surface area contributed by atoms with E-state index in [9.17, 15) is 10.1 Å². The lowest BCUT2D eigenvalue weighted by Gasteiger charge is -2.06. The number of non-ortho nitro benzene ring substituents is 1. The monoisotopic (exact) mass is 289 g/mol. The summed E-state index contributed by atoms with van der Waals surface area (Å²) < 4.78 is 5.39. The number of amidine groups is 1. The minimum atomic E-state index is -0.510. The van der Waals surface area contributed by atoms with Gasteiger partial charge in [0.15, 0.2) is 5.84 Å². The fourth-order valence-corrected chi connectivity index (χ4v) is 1.51. The number of aryl methyl sites for hydroxylation is 1. The maximum atomic E-state index is 10.6. The van der Waals surface area contributed by atoms with Crippen LogP contribution in [0.4, 0.5) is 5.69 Å². The largest absolute Gasteiger partial charge is 0.424 e. The molecule has 0 amide bonds. The van der Waals surface area contributed by atoms with E-state index in [1.54, 1.807) is 6.92 Å². The molecule has 0 saturated carbocycles. The molecule has 0 aliphatic rings.